The molecule has 1 heterocycles. The summed E-state index contributed by atoms with van der Waals surface area (Å²) in [6.07, 6.45) is 2.44. The first-order chi connectivity index (χ1) is 10.1. The first-order valence-corrected chi connectivity index (χ1v) is 7.28. The fourth-order valence-electron chi connectivity index (χ4n) is 3.00. The minimum Gasteiger partial charge on any atom is -0.310 e. The molecule has 0 atom stereocenters. The summed E-state index contributed by atoms with van der Waals surface area (Å²) in [7, 11) is 0. The Morgan fingerprint density at radius 2 is 1.95 bits per heavy atom. The number of amides is 1. The van der Waals surface area contributed by atoms with Gasteiger partial charge in [0.25, 0.3) is 0 Å². The van der Waals surface area contributed by atoms with Crippen LogP contribution < -0.4 is 4.90 Å². The molecule has 108 valence electrons. The molecule has 0 saturated carbocycles. The van der Waals surface area contributed by atoms with Crippen molar-refractivity contribution in [2.45, 2.75) is 26.2 Å². The lowest BCUT2D eigenvalue weighted by Gasteiger charge is -2.29. The van der Waals surface area contributed by atoms with E-state index in [2.05, 4.69) is 0 Å². The summed E-state index contributed by atoms with van der Waals surface area (Å²) < 4.78 is 14.5. The van der Waals surface area contributed by atoms with Gasteiger partial charge in [0.2, 0.25) is 5.91 Å². The molecule has 0 unspecified atom stereocenters. The summed E-state index contributed by atoms with van der Waals surface area (Å²) in [6.45, 7) is 2.10. The van der Waals surface area contributed by atoms with Crippen molar-refractivity contribution in [3.63, 3.8) is 0 Å². The number of halogens is 1. The monoisotopic (exact) mass is 283 g/mol. The minimum absolute atomic E-state index is 0.0920. The molecule has 0 bridgehead atoms. The first kappa shape index (κ1) is 13.8. The molecule has 2 nitrogen and oxygen atoms in total. The maximum Gasteiger partial charge on any atom is 0.223 e. The van der Waals surface area contributed by atoms with Gasteiger partial charge < -0.3 is 4.90 Å². The fourth-order valence-corrected chi connectivity index (χ4v) is 3.00. The van der Waals surface area contributed by atoms with Crippen molar-refractivity contribution in [2.24, 2.45) is 0 Å². The Hall–Kier alpha value is -2.16. The van der Waals surface area contributed by atoms with Gasteiger partial charge in [-0.3, -0.25) is 4.79 Å². The molecule has 0 fully saturated rings. The van der Waals surface area contributed by atoms with Crippen LogP contribution in [0.5, 0.6) is 0 Å². The Morgan fingerprint density at radius 1 is 1.19 bits per heavy atom. The van der Waals surface area contributed by atoms with Gasteiger partial charge in [0.1, 0.15) is 5.82 Å². The van der Waals surface area contributed by atoms with Crippen molar-refractivity contribution in [3.05, 3.63) is 65.0 Å². The lowest BCUT2D eigenvalue weighted by atomic mass is 9.96. The average molecular weight is 283 g/mol. The van der Waals surface area contributed by atoms with E-state index in [1.54, 1.807) is 11.0 Å². The molecule has 0 spiro atoms. The highest BCUT2D eigenvalue weighted by Gasteiger charge is 2.24. The second kappa shape index (κ2) is 5.68. The predicted octanol–water partition coefficient (Wildman–Crippen LogP) is 3.72. The number of rotatable bonds is 2. The fraction of sp³-hybridized carbons (Fsp3) is 0.278. The smallest absolute Gasteiger partial charge is 0.223 e. The van der Waals surface area contributed by atoms with E-state index in [0.29, 0.717) is 18.7 Å². The number of aryl methyl sites for hydroxylation is 1. The molecule has 1 aliphatic rings. The van der Waals surface area contributed by atoms with E-state index in [1.807, 2.05) is 36.4 Å². The van der Waals surface area contributed by atoms with Crippen molar-refractivity contribution in [3.8, 4) is 0 Å². The minimum atomic E-state index is -0.284. The molecule has 3 heteroatoms. The van der Waals surface area contributed by atoms with Crippen LogP contribution in [0.3, 0.4) is 0 Å². The Balaban J connectivity index is 1.96. The van der Waals surface area contributed by atoms with E-state index in [1.165, 1.54) is 6.92 Å². The van der Waals surface area contributed by atoms with Gasteiger partial charge in [0, 0.05) is 13.5 Å². The van der Waals surface area contributed by atoms with Gasteiger partial charge in [0.15, 0.2) is 0 Å². The number of fused-ring (bicyclic) bond motifs is 1. The van der Waals surface area contributed by atoms with E-state index >= 15 is 0 Å². The van der Waals surface area contributed by atoms with Gasteiger partial charge in [0.05, 0.1) is 5.69 Å². The predicted molar refractivity (Wildman–Crippen MR) is 82.0 cm³/mol. The maximum absolute atomic E-state index is 14.5. The molecule has 0 saturated heterocycles. The molecule has 0 N–H and O–H groups in total. The van der Waals surface area contributed by atoms with Crippen molar-refractivity contribution in [1.82, 2.24) is 0 Å². The number of hydrogen-bond donors (Lipinski definition) is 0. The van der Waals surface area contributed by atoms with Crippen molar-refractivity contribution >= 4 is 11.6 Å². The van der Waals surface area contributed by atoms with Crippen molar-refractivity contribution < 1.29 is 9.18 Å². The number of hydrogen-bond acceptors (Lipinski definition) is 1. The highest BCUT2D eigenvalue weighted by molar-refractivity contribution is 5.93. The highest BCUT2D eigenvalue weighted by atomic mass is 19.1. The standard InChI is InChI=1S/C18H18FNO/c1-13(21)20-9-5-8-16-11-15(12-17(19)18(16)20)10-14-6-3-2-4-7-14/h2-4,6-7,11-12H,5,8-10H2,1H3. The Bertz CT molecular complexity index is 666. The molecular weight excluding hydrogens is 265 g/mol. The van der Waals surface area contributed by atoms with Gasteiger partial charge in [-0.1, -0.05) is 36.4 Å². The van der Waals surface area contributed by atoms with Crippen molar-refractivity contribution in [1.29, 1.82) is 0 Å². The van der Waals surface area contributed by atoms with Crippen molar-refractivity contribution in [2.75, 3.05) is 11.4 Å². The van der Waals surface area contributed by atoms with E-state index in [4.69, 9.17) is 0 Å². The second-order valence-electron chi connectivity index (χ2n) is 5.52. The second-order valence-corrected chi connectivity index (χ2v) is 5.52. The van der Waals surface area contributed by atoms with Gasteiger partial charge in [-0.2, -0.15) is 0 Å². The van der Waals surface area contributed by atoms with Crippen LogP contribution >= 0.6 is 0 Å². The number of carbonyl (C=O) groups excluding carboxylic acids is 1. The topological polar surface area (TPSA) is 20.3 Å². The Labute approximate surface area is 124 Å². The van der Waals surface area contributed by atoms with Gasteiger partial charge >= 0.3 is 0 Å². The van der Waals surface area contributed by atoms with Gasteiger partial charge in [-0.25, -0.2) is 4.39 Å². The number of carbonyl (C=O) groups is 1. The largest absolute Gasteiger partial charge is 0.310 e. The van der Waals surface area contributed by atoms with E-state index in [-0.39, 0.29) is 11.7 Å². The molecule has 2 aromatic rings. The normalized spacial score (nSPS) is 13.9. The lowest BCUT2D eigenvalue weighted by molar-refractivity contribution is -0.116. The number of benzene rings is 2. The van der Waals surface area contributed by atoms with Crippen LogP contribution in [0.1, 0.15) is 30.0 Å². The van der Waals surface area contributed by atoms with Crippen LogP contribution in [0.25, 0.3) is 0 Å². The van der Waals surface area contributed by atoms with Crippen LogP contribution in [-0.4, -0.2) is 12.5 Å². The zero-order valence-electron chi connectivity index (χ0n) is 12.1. The van der Waals surface area contributed by atoms with Crippen LogP contribution in [0, 0.1) is 5.82 Å². The maximum atomic E-state index is 14.5. The zero-order chi connectivity index (χ0) is 14.8. The third kappa shape index (κ3) is 2.82. The molecule has 1 amide bonds. The van der Waals surface area contributed by atoms with Gasteiger partial charge in [-0.15, -0.1) is 0 Å². The molecule has 2 aromatic carbocycles. The zero-order valence-corrected chi connectivity index (χ0v) is 12.1. The van der Waals surface area contributed by atoms with E-state index in [9.17, 15) is 9.18 Å². The molecular formula is C18H18FNO. The summed E-state index contributed by atoms with van der Waals surface area (Å²) >= 11 is 0. The summed E-state index contributed by atoms with van der Waals surface area (Å²) in [5.41, 5.74) is 3.55. The summed E-state index contributed by atoms with van der Waals surface area (Å²) in [5.74, 6) is -0.376. The third-order valence-electron chi connectivity index (χ3n) is 3.93. The van der Waals surface area contributed by atoms with Crippen LogP contribution in [0.2, 0.25) is 0 Å². The number of nitrogens with zero attached hydrogens (tertiary/aromatic N) is 1. The average Bonchev–Trinajstić information content (AvgIpc) is 2.47. The Morgan fingerprint density at radius 3 is 2.67 bits per heavy atom. The summed E-state index contributed by atoms with van der Waals surface area (Å²) in [4.78, 5) is 13.2. The van der Waals surface area contributed by atoms with Crippen LogP contribution in [0.4, 0.5) is 10.1 Å². The Kier molecular flexibility index (Phi) is 3.74. The van der Waals surface area contributed by atoms with E-state index in [0.717, 1.165) is 29.5 Å². The SMILES string of the molecule is CC(=O)N1CCCc2cc(Cc3ccccc3)cc(F)c21. The lowest BCUT2D eigenvalue weighted by Crippen LogP contribution is -2.34. The summed E-state index contributed by atoms with van der Waals surface area (Å²) in [5, 5.41) is 0. The molecule has 1 aliphatic heterocycles. The molecule has 0 aliphatic carbocycles. The molecule has 3 rings (SSSR count). The molecule has 0 aromatic heterocycles. The quantitative estimate of drug-likeness (QED) is 0.822. The van der Waals surface area contributed by atoms with Crippen LogP contribution in [0.15, 0.2) is 42.5 Å². The van der Waals surface area contributed by atoms with E-state index < -0.39 is 0 Å². The third-order valence-corrected chi connectivity index (χ3v) is 3.93. The highest BCUT2D eigenvalue weighted by Crippen LogP contribution is 2.32. The van der Waals surface area contributed by atoms with Gasteiger partial charge in [-0.05, 0) is 42.0 Å². The number of anilines is 1. The first-order valence-electron chi connectivity index (χ1n) is 7.28. The molecule has 21 heavy (non-hydrogen) atoms. The molecule has 0 radical (unpaired) electrons. The summed E-state index contributed by atoms with van der Waals surface area (Å²) in [6, 6.07) is 13.6. The van der Waals surface area contributed by atoms with Crippen LogP contribution in [-0.2, 0) is 17.6 Å².